The Labute approximate surface area is 128 Å². The van der Waals surface area contributed by atoms with Gasteiger partial charge in [-0.05, 0) is 23.3 Å². The van der Waals surface area contributed by atoms with E-state index in [0.717, 1.165) is 12.2 Å². The molecule has 2 heteroatoms. The molecular weight excluding hydrogens is 258 g/mol. The van der Waals surface area contributed by atoms with Crippen molar-refractivity contribution in [2.75, 3.05) is 13.7 Å². The predicted octanol–water partition coefficient (Wildman–Crippen LogP) is 5.16. The molecule has 0 saturated carbocycles. The zero-order chi connectivity index (χ0) is 15.5. The summed E-state index contributed by atoms with van der Waals surface area (Å²) >= 11 is 0. The third kappa shape index (κ3) is 4.96. The average Bonchev–Trinajstić information content (AvgIpc) is 2.58. The van der Waals surface area contributed by atoms with Gasteiger partial charge in [0, 0.05) is 12.3 Å². The molecule has 0 N–H and O–H groups in total. The van der Waals surface area contributed by atoms with Gasteiger partial charge in [-0.2, -0.15) is 0 Å². The first-order valence-electron chi connectivity index (χ1n) is 7.37. The van der Waals surface area contributed by atoms with Crippen molar-refractivity contribution in [1.29, 1.82) is 0 Å². The van der Waals surface area contributed by atoms with Gasteiger partial charge in [0.2, 0.25) is 6.54 Å². The Morgan fingerprint density at radius 1 is 1.00 bits per heavy atom. The summed E-state index contributed by atoms with van der Waals surface area (Å²) in [6, 6.07) is 18.4. The summed E-state index contributed by atoms with van der Waals surface area (Å²) in [6.45, 7) is 11.5. The Morgan fingerprint density at radius 3 is 2.29 bits per heavy atom. The highest BCUT2D eigenvalue weighted by Gasteiger charge is 2.15. The van der Waals surface area contributed by atoms with E-state index in [0.29, 0.717) is 6.54 Å². The first-order chi connectivity index (χ1) is 10.3. The molecule has 0 fully saturated rings. The van der Waals surface area contributed by atoms with E-state index in [1.54, 1.807) is 7.11 Å². The molecule has 2 aromatic rings. The van der Waals surface area contributed by atoms with Gasteiger partial charge in [0.25, 0.3) is 0 Å². The maximum atomic E-state index is 7.00. The van der Waals surface area contributed by atoms with E-state index in [2.05, 4.69) is 29.1 Å². The summed E-state index contributed by atoms with van der Waals surface area (Å²) in [4.78, 5) is 3.49. The minimum Gasteiger partial charge on any atom is -0.497 e. The highest BCUT2D eigenvalue weighted by atomic mass is 16.5. The zero-order valence-electron chi connectivity index (χ0n) is 13.0. The smallest absolute Gasteiger partial charge is 0.215 e. The standard InChI is InChI=1S/C17H17NO.C2H6/c1-18-12-11-17(14-7-4-3-5-8-14)15-9-6-10-16(13-15)19-2;1-2/h3-10,13,17H,11-12H2,2H3;1-2H3. The molecule has 1 atom stereocenters. The van der Waals surface area contributed by atoms with Gasteiger partial charge < -0.3 is 9.58 Å². The third-order valence-electron chi connectivity index (χ3n) is 3.23. The van der Waals surface area contributed by atoms with Crippen molar-refractivity contribution in [3.05, 3.63) is 77.1 Å². The summed E-state index contributed by atoms with van der Waals surface area (Å²) in [5.41, 5.74) is 2.45. The van der Waals surface area contributed by atoms with Crippen LogP contribution in [0.3, 0.4) is 0 Å². The number of hydrogen-bond acceptors (Lipinski definition) is 1. The lowest BCUT2D eigenvalue weighted by Crippen LogP contribution is -2.03. The molecule has 0 heterocycles. The minimum absolute atomic E-state index is 0.255. The van der Waals surface area contributed by atoms with Crippen LogP contribution in [0.1, 0.15) is 37.3 Å². The molecule has 2 aromatic carbocycles. The predicted molar refractivity (Wildman–Crippen MR) is 88.7 cm³/mol. The van der Waals surface area contributed by atoms with Crippen LogP contribution in [0.5, 0.6) is 5.75 Å². The average molecular weight is 281 g/mol. The molecule has 0 aliphatic heterocycles. The summed E-state index contributed by atoms with van der Waals surface area (Å²) < 4.78 is 5.28. The lowest BCUT2D eigenvalue weighted by molar-refractivity contribution is 0.414. The van der Waals surface area contributed by atoms with Crippen LogP contribution in [-0.4, -0.2) is 13.7 Å². The molecule has 110 valence electrons. The van der Waals surface area contributed by atoms with Gasteiger partial charge in [0.05, 0.1) is 7.11 Å². The summed E-state index contributed by atoms with van der Waals surface area (Å²) in [5.74, 6) is 1.12. The van der Waals surface area contributed by atoms with E-state index in [9.17, 15) is 0 Å². The van der Waals surface area contributed by atoms with E-state index in [1.807, 2.05) is 44.2 Å². The number of nitrogens with zero attached hydrogens (tertiary/aromatic N) is 1. The first kappa shape index (κ1) is 16.8. The molecule has 0 spiro atoms. The maximum Gasteiger partial charge on any atom is 0.215 e. The van der Waals surface area contributed by atoms with E-state index in [4.69, 9.17) is 11.3 Å². The summed E-state index contributed by atoms with van der Waals surface area (Å²) in [5, 5.41) is 0. The second-order valence-electron chi connectivity index (χ2n) is 4.41. The monoisotopic (exact) mass is 281 g/mol. The van der Waals surface area contributed by atoms with Crippen LogP contribution in [0.15, 0.2) is 54.6 Å². The SMILES string of the molecule is CC.[C-]#[N+]CCC(c1ccccc1)c1cccc(OC)c1. The Morgan fingerprint density at radius 2 is 1.67 bits per heavy atom. The molecule has 0 saturated heterocycles. The van der Waals surface area contributed by atoms with Gasteiger partial charge in [-0.15, -0.1) is 0 Å². The van der Waals surface area contributed by atoms with Gasteiger partial charge in [-0.3, -0.25) is 0 Å². The molecule has 0 aliphatic rings. The highest BCUT2D eigenvalue weighted by Crippen LogP contribution is 2.30. The van der Waals surface area contributed by atoms with E-state index >= 15 is 0 Å². The van der Waals surface area contributed by atoms with E-state index in [1.165, 1.54) is 11.1 Å². The molecule has 0 aromatic heterocycles. The second-order valence-corrected chi connectivity index (χ2v) is 4.41. The number of methoxy groups -OCH3 is 1. The zero-order valence-corrected chi connectivity index (χ0v) is 13.0. The number of hydrogen-bond donors (Lipinski definition) is 0. The Kier molecular flexibility index (Phi) is 7.68. The highest BCUT2D eigenvalue weighted by molar-refractivity contribution is 5.37. The van der Waals surface area contributed by atoms with Crippen LogP contribution in [0.25, 0.3) is 4.85 Å². The minimum atomic E-state index is 0.255. The van der Waals surface area contributed by atoms with Crippen LogP contribution in [-0.2, 0) is 0 Å². The maximum absolute atomic E-state index is 7.00. The van der Waals surface area contributed by atoms with Crippen molar-refractivity contribution in [3.8, 4) is 5.75 Å². The Balaban J connectivity index is 0.00000106. The van der Waals surface area contributed by atoms with Crippen LogP contribution < -0.4 is 4.74 Å². The van der Waals surface area contributed by atoms with E-state index < -0.39 is 0 Å². The number of ether oxygens (including phenoxy) is 1. The molecule has 21 heavy (non-hydrogen) atoms. The van der Waals surface area contributed by atoms with Crippen LogP contribution in [0, 0.1) is 6.57 Å². The second kappa shape index (κ2) is 9.61. The molecule has 0 bridgehead atoms. The molecule has 0 amide bonds. The fourth-order valence-electron chi connectivity index (χ4n) is 2.26. The fourth-order valence-corrected chi connectivity index (χ4v) is 2.26. The van der Waals surface area contributed by atoms with Crippen LogP contribution >= 0.6 is 0 Å². The quantitative estimate of drug-likeness (QED) is 0.690. The number of rotatable bonds is 5. The molecule has 0 aliphatic carbocycles. The molecule has 1 unspecified atom stereocenters. The van der Waals surface area contributed by atoms with Gasteiger partial charge in [-0.1, -0.05) is 56.3 Å². The largest absolute Gasteiger partial charge is 0.497 e. The molecule has 2 nitrogen and oxygen atoms in total. The Hall–Kier alpha value is -2.27. The normalized spacial score (nSPS) is 10.8. The summed E-state index contributed by atoms with van der Waals surface area (Å²) in [7, 11) is 1.68. The fraction of sp³-hybridized carbons (Fsp3) is 0.316. The van der Waals surface area contributed by atoms with Gasteiger partial charge in [0.1, 0.15) is 5.75 Å². The molecule has 0 radical (unpaired) electrons. The topological polar surface area (TPSA) is 13.6 Å². The third-order valence-corrected chi connectivity index (χ3v) is 3.23. The van der Waals surface area contributed by atoms with E-state index in [-0.39, 0.29) is 5.92 Å². The molecule has 2 rings (SSSR count). The lowest BCUT2D eigenvalue weighted by Gasteiger charge is -2.16. The van der Waals surface area contributed by atoms with Crippen LogP contribution in [0.4, 0.5) is 0 Å². The van der Waals surface area contributed by atoms with Crippen molar-refractivity contribution in [2.45, 2.75) is 26.2 Å². The van der Waals surface area contributed by atoms with Crippen molar-refractivity contribution < 1.29 is 4.74 Å². The number of benzene rings is 2. The van der Waals surface area contributed by atoms with Crippen molar-refractivity contribution in [1.82, 2.24) is 0 Å². The Bertz CT molecular complexity index is 557. The van der Waals surface area contributed by atoms with Crippen molar-refractivity contribution in [2.24, 2.45) is 0 Å². The van der Waals surface area contributed by atoms with Gasteiger partial charge in [0.15, 0.2) is 0 Å². The van der Waals surface area contributed by atoms with Crippen LogP contribution in [0.2, 0.25) is 0 Å². The van der Waals surface area contributed by atoms with Crippen molar-refractivity contribution >= 4 is 0 Å². The van der Waals surface area contributed by atoms with Crippen molar-refractivity contribution in [3.63, 3.8) is 0 Å². The van der Waals surface area contributed by atoms with Gasteiger partial charge >= 0.3 is 0 Å². The summed E-state index contributed by atoms with van der Waals surface area (Å²) in [6.07, 6.45) is 0.834. The first-order valence-corrected chi connectivity index (χ1v) is 7.37. The van der Waals surface area contributed by atoms with Gasteiger partial charge in [-0.25, -0.2) is 6.57 Å². The lowest BCUT2D eigenvalue weighted by atomic mass is 9.88. The molecular formula is C19H23NO.